The number of nitrogen functional groups attached to an aromatic ring is 1. The van der Waals surface area contributed by atoms with Gasteiger partial charge in [-0.2, -0.15) is 0 Å². The Labute approximate surface area is 180 Å². The van der Waals surface area contributed by atoms with Crippen molar-refractivity contribution in [1.82, 2.24) is 9.55 Å². The molecule has 0 aliphatic carbocycles. The topological polar surface area (TPSA) is 129 Å². The van der Waals surface area contributed by atoms with E-state index in [4.69, 9.17) is 19.9 Å². The fraction of sp³-hybridized carbons (Fsp3) is 0.476. The van der Waals surface area contributed by atoms with E-state index in [1.54, 1.807) is 18.2 Å². The van der Waals surface area contributed by atoms with Crippen molar-refractivity contribution >= 4 is 17.4 Å². The maximum atomic E-state index is 13.3. The molecule has 0 atom stereocenters. The molecule has 0 bridgehead atoms. The fourth-order valence-corrected chi connectivity index (χ4v) is 3.18. The Bertz CT molecular complexity index is 1030. The first kappa shape index (κ1) is 24.0. The van der Waals surface area contributed by atoms with Crippen LogP contribution in [0.1, 0.15) is 19.4 Å². The average Bonchev–Trinajstić information content (AvgIpc) is 2.73. The van der Waals surface area contributed by atoms with E-state index < -0.39 is 17.2 Å². The number of carbonyl (C=O) groups is 1. The number of hydrogen-bond donors (Lipinski definition) is 2. The van der Waals surface area contributed by atoms with Crippen molar-refractivity contribution in [3.8, 4) is 11.5 Å². The van der Waals surface area contributed by atoms with Gasteiger partial charge in [0.05, 0.1) is 27.2 Å². The van der Waals surface area contributed by atoms with Gasteiger partial charge in [0.15, 0.2) is 5.69 Å². The lowest BCUT2D eigenvalue weighted by atomic mass is 10.1. The largest absolute Gasteiger partial charge is 0.497 e. The van der Waals surface area contributed by atoms with Crippen molar-refractivity contribution in [3.63, 3.8) is 0 Å². The van der Waals surface area contributed by atoms with E-state index in [0.717, 1.165) is 0 Å². The van der Waals surface area contributed by atoms with Crippen LogP contribution in [0, 0.1) is 5.92 Å². The highest BCUT2D eigenvalue weighted by Crippen LogP contribution is 2.26. The van der Waals surface area contributed by atoms with E-state index in [1.165, 1.54) is 30.8 Å². The molecule has 1 aromatic heterocycles. The van der Waals surface area contributed by atoms with Crippen LogP contribution in [0.15, 0.2) is 27.8 Å². The molecule has 2 rings (SSSR count). The van der Waals surface area contributed by atoms with Gasteiger partial charge in [-0.15, -0.1) is 0 Å². The zero-order valence-electron chi connectivity index (χ0n) is 18.6. The second-order valence-corrected chi connectivity index (χ2v) is 7.39. The van der Waals surface area contributed by atoms with Crippen LogP contribution >= 0.6 is 0 Å². The van der Waals surface area contributed by atoms with Crippen LogP contribution in [0.4, 0.5) is 11.5 Å². The van der Waals surface area contributed by atoms with E-state index in [9.17, 15) is 14.4 Å². The Balaban J connectivity index is 2.50. The number of benzene rings is 1. The SMILES string of the molecule is COCCN(C(=O)Cc1ccc(OC)cc1OC)c1c(N)n(CC(C)C)c(=O)[nH]c1=O. The average molecular weight is 434 g/mol. The molecule has 0 unspecified atom stereocenters. The number of anilines is 2. The third kappa shape index (κ3) is 5.66. The first-order valence-electron chi connectivity index (χ1n) is 9.86. The first-order chi connectivity index (χ1) is 14.7. The molecule has 3 N–H and O–H groups in total. The number of aromatic nitrogens is 2. The smallest absolute Gasteiger partial charge is 0.330 e. The number of H-pyrrole nitrogens is 1. The van der Waals surface area contributed by atoms with Crippen molar-refractivity contribution < 1.29 is 19.0 Å². The molecular weight excluding hydrogens is 404 g/mol. The fourth-order valence-electron chi connectivity index (χ4n) is 3.18. The molecule has 0 saturated heterocycles. The van der Waals surface area contributed by atoms with Gasteiger partial charge in [0.25, 0.3) is 5.56 Å². The molecule has 0 saturated carbocycles. The van der Waals surface area contributed by atoms with Crippen LogP contribution < -0.4 is 31.4 Å². The molecule has 31 heavy (non-hydrogen) atoms. The lowest BCUT2D eigenvalue weighted by molar-refractivity contribution is -0.118. The van der Waals surface area contributed by atoms with Crippen LogP contribution in [0.5, 0.6) is 11.5 Å². The van der Waals surface area contributed by atoms with Crippen molar-refractivity contribution in [2.75, 3.05) is 45.1 Å². The lowest BCUT2D eigenvalue weighted by Crippen LogP contribution is -2.43. The zero-order valence-corrected chi connectivity index (χ0v) is 18.6. The van der Waals surface area contributed by atoms with Gasteiger partial charge in [-0.3, -0.25) is 19.1 Å². The summed E-state index contributed by atoms with van der Waals surface area (Å²) in [6.45, 7) is 4.39. The quantitative estimate of drug-likeness (QED) is 0.571. The minimum Gasteiger partial charge on any atom is -0.497 e. The summed E-state index contributed by atoms with van der Waals surface area (Å²) in [5.41, 5.74) is 5.39. The number of nitrogens with zero attached hydrogens (tertiary/aromatic N) is 2. The molecule has 10 nitrogen and oxygen atoms in total. The third-order valence-corrected chi connectivity index (χ3v) is 4.69. The van der Waals surface area contributed by atoms with Crippen LogP contribution in [-0.4, -0.2) is 49.9 Å². The second-order valence-electron chi connectivity index (χ2n) is 7.39. The van der Waals surface area contributed by atoms with Gasteiger partial charge in [0, 0.05) is 31.8 Å². The molecule has 1 heterocycles. The maximum absolute atomic E-state index is 13.3. The molecule has 0 aliphatic heterocycles. The Hall–Kier alpha value is -3.27. The number of aromatic amines is 1. The number of rotatable bonds is 10. The van der Waals surface area contributed by atoms with E-state index in [2.05, 4.69) is 4.98 Å². The summed E-state index contributed by atoms with van der Waals surface area (Å²) in [6.07, 6.45) is -0.0565. The number of methoxy groups -OCH3 is 3. The summed E-state index contributed by atoms with van der Waals surface area (Å²) < 4.78 is 16.9. The second kappa shape index (κ2) is 10.7. The molecule has 0 fully saturated rings. The van der Waals surface area contributed by atoms with Crippen molar-refractivity contribution in [3.05, 3.63) is 44.6 Å². The summed E-state index contributed by atoms with van der Waals surface area (Å²) in [7, 11) is 4.52. The number of amides is 1. The zero-order chi connectivity index (χ0) is 23.1. The highest BCUT2D eigenvalue weighted by atomic mass is 16.5. The summed E-state index contributed by atoms with van der Waals surface area (Å²) in [4.78, 5) is 41.7. The molecule has 10 heteroatoms. The summed E-state index contributed by atoms with van der Waals surface area (Å²) in [5, 5.41) is 0. The predicted octanol–water partition coefficient (Wildman–Crippen LogP) is 1.01. The standard InChI is InChI=1S/C21H30N4O6/c1-13(2)12-25-19(22)18(20(27)23-21(25)28)24(8-9-29-3)17(26)10-14-6-7-15(30-4)11-16(14)31-5/h6-7,11,13H,8-10,12,22H2,1-5H3,(H,23,27,28). The normalized spacial score (nSPS) is 10.9. The number of hydrogen-bond acceptors (Lipinski definition) is 7. The molecule has 1 aromatic carbocycles. The summed E-state index contributed by atoms with van der Waals surface area (Å²) in [5.74, 6) is 0.711. The number of nitrogens with one attached hydrogen (secondary N) is 1. The minimum atomic E-state index is -0.728. The Morgan fingerprint density at radius 3 is 2.48 bits per heavy atom. The third-order valence-electron chi connectivity index (χ3n) is 4.69. The van der Waals surface area contributed by atoms with Crippen LogP contribution in [-0.2, 0) is 22.5 Å². The molecule has 0 spiro atoms. The van der Waals surface area contributed by atoms with Gasteiger partial charge in [-0.25, -0.2) is 4.79 Å². The van der Waals surface area contributed by atoms with Crippen LogP contribution in [0.3, 0.4) is 0 Å². The maximum Gasteiger partial charge on any atom is 0.330 e. The van der Waals surface area contributed by atoms with Crippen molar-refractivity contribution in [2.45, 2.75) is 26.8 Å². The van der Waals surface area contributed by atoms with Crippen LogP contribution in [0.2, 0.25) is 0 Å². The Morgan fingerprint density at radius 2 is 1.90 bits per heavy atom. The molecule has 2 aromatic rings. The lowest BCUT2D eigenvalue weighted by Gasteiger charge is -2.25. The molecule has 0 aliphatic rings. The first-order valence-corrected chi connectivity index (χ1v) is 9.86. The van der Waals surface area contributed by atoms with E-state index >= 15 is 0 Å². The van der Waals surface area contributed by atoms with Gasteiger partial charge in [-0.05, 0) is 12.0 Å². The van der Waals surface area contributed by atoms with Crippen molar-refractivity contribution in [1.29, 1.82) is 0 Å². The minimum absolute atomic E-state index is 0.0565. The highest BCUT2D eigenvalue weighted by molar-refractivity contribution is 5.97. The molecular formula is C21H30N4O6. The van der Waals surface area contributed by atoms with Gasteiger partial charge in [-0.1, -0.05) is 19.9 Å². The number of nitrogens with two attached hydrogens (primary N) is 1. The van der Waals surface area contributed by atoms with Gasteiger partial charge in [0.1, 0.15) is 17.3 Å². The monoisotopic (exact) mass is 434 g/mol. The van der Waals surface area contributed by atoms with Crippen molar-refractivity contribution in [2.24, 2.45) is 5.92 Å². The van der Waals surface area contributed by atoms with Crippen LogP contribution in [0.25, 0.3) is 0 Å². The molecule has 170 valence electrons. The van der Waals surface area contributed by atoms with Gasteiger partial charge < -0.3 is 24.8 Å². The van der Waals surface area contributed by atoms with Gasteiger partial charge in [0.2, 0.25) is 5.91 Å². The summed E-state index contributed by atoms with van der Waals surface area (Å²) >= 11 is 0. The molecule has 1 amide bonds. The van der Waals surface area contributed by atoms with E-state index in [0.29, 0.717) is 23.6 Å². The van der Waals surface area contributed by atoms with E-state index in [1.807, 2.05) is 13.8 Å². The predicted molar refractivity (Wildman–Crippen MR) is 118 cm³/mol. The highest BCUT2D eigenvalue weighted by Gasteiger charge is 2.25. The van der Waals surface area contributed by atoms with E-state index in [-0.39, 0.29) is 37.0 Å². The number of carbonyl (C=O) groups excluding carboxylic acids is 1. The summed E-state index contributed by atoms with van der Waals surface area (Å²) in [6, 6.07) is 5.11. The Kier molecular flexibility index (Phi) is 8.26. The molecule has 0 radical (unpaired) electrons. The van der Waals surface area contributed by atoms with Gasteiger partial charge >= 0.3 is 5.69 Å². The Morgan fingerprint density at radius 1 is 1.19 bits per heavy atom. The number of ether oxygens (including phenoxy) is 3.